The third-order valence-electron chi connectivity index (χ3n) is 6.77. The number of ether oxygens (including phenoxy) is 3. The van der Waals surface area contributed by atoms with Gasteiger partial charge in [-0.2, -0.15) is 0 Å². The van der Waals surface area contributed by atoms with Crippen molar-refractivity contribution in [3.05, 3.63) is 112 Å². The van der Waals surface area contributed by atoms with Crippen LogP contribution in [0.4, 0.5) is 11.4 Å². The number of hydrogen-bond donors (Lipinski definition) is 4. The summed E-state index contributed by atoms with van der Waals surface area (Å²) in [6.07, 6.45) is 1.48. The van der Waals surface area contributed by atoms with Gasteiger partial charge in [-0.15, -0.1) is 11.8 Å². The summed E-state index contributed by atoms with van der Waals surface area (Å²) in [7, 11) is 4.42. The number of carboxylic acid groups (broad SMARTS) is 1. The van der Waals surface area contributed by atoms with Gasteiger partial charge >= 0.3 is 5.97 Å². The normalized spacial score (nSPS) is 11.6. The highest BCUT2D eigenvalue weighted by atomic mass is 35.5. The van der Waals surface area contributed by atoms with Crippen LogP contribution in [0, 0.1) is 0 Å². The summed E-state index contributed by atoms with van der Waals surface area (Å²) in [6.45, 7) is 1.69. The van der Waals surface area contributed by atoms with E-state index >= 15 is 0 Å². The molecule has 0 heterocycles. The fraction of sp³-hybridized carbons (Fsp3) is 0.143. The summed E-state index contributed by atoms with van der Waals surface area (Å²) < 4.78 is 16.3. The Labute approximate surface area is 286 Å². The van der Waals surface area contributed by atoms with Crippen molar-refractivity contribution in [2.24, 2.45) is 0 Å². The molecule has 4 N–H and O–H groups in total. The molecule has 0 radical (unpaired) electrons. The van der Waals surface area contributed by atoms with Gasteiger partial charge < -0.3 is 35.3 Å². The predicted molar refractivity (Wildman–Crippen MR) is 185 cm³/mol. The molecule has 1 unspecified atom stereocenters. The van der Waals surface area contributed by atoms with Crippen molar-refractivity contribution in [3.8, 4) is 17.2 Å². The monoisotopic (exact) mass is 689 g/mol. The van der Waals surface area contributed by atoms with Crippen LogP contribution >= 0.6 is 23.4 Å². The Morgan fingerprint density at radius 1 is 0.812 bits per heavy atom. The molecule has 3 amide bonds. The molecule has 0 saturated carbocycles. The molecule has 0 fully saturated rings. The van der Waals surface area contributed by atoms with E-state index in [-0.39, 0.29) is 22.2 Å². The Kier molecular flexibility index (Phi) is 12.1. The molecule has 0 aliphatic heterocycles. The average Bonchev–Trinajstić information content (AvgIpc) is 3.08. The van der Waals surface area contributed by atoms with Crippen molar-refractivity contribution in [2.75, 3.05) is 32.0 Å². The van der Waals surface area contributed by atoms with Gasteiger partial charge in [0.2, 0.25) is 11.7 Å². The summed E-state index contributed by atoms with van der Waals surface area (Å²) in [6, 6.07) is 22.8. The van der Waals surface area contributed by atoms with Crippen LogP contribution in [0.15, 0.2) is 95.5 Å². The quantitative estimate of drug-likeness (QED) is 0.0899. The lowest BCUT2D eigenvalue weighted by atomic mass is 10.1. The Hall–Kier alpha value is -5.46. The summed E-state index contributed by atoms with van der Waals surface area (Å²) >= 11 is 7.16. The van der Waals surface area contributed by atoms with Crippen LogP contribution in [0.5, 0.6) is 17.2 Å². The van der Waals surface area contributed by atoms with Crippen LogP contribution in [-0.2, 0) is 9.59 Å². The standard InChI is InChI=1S/C35H32ClN3O8S/c1-20(32(40)37-24-13-14-27(36)26(19-24)35(43)44)48-25-12-8-11-23(18-25)38-34(42)28(39-33(41)22-9-6-5-7-10-22)15-21-16-29(45-2)31(47-4)30(17-21)46-3/h5-20H,1-4H3,(H,37,40)(H,38,42)(H,39,41)(H,43,44)/b28-15+. The summed E-state index contributed by atoms with van der Waals surface area (Å²) in [5.41, 5.74) is 1.35. The zero-order valence-corrected chi connectivity index (χ0v) is 27.9. The Morgan fingerprint density at radius 3 is 2.10 bits per heavy atom. The third-order valence-corrected chi connectivity index (χ3v) is 8.19. The highest BCUT2D eigenvalue weighted by Crippen LogP contribution is 2.38. The number of hydrogen-bond acceptors (Lipinski definition) is 8. The minimum absolute atomic E-state index is 0.0582. The van der Waals surface area contributed by atoms with Crippen LogP contribution in [0.3, 0.4) is 0 Å². The molecule has 1 atom stereocenters. The number of amides is 3. The number of aromatic carboxylic acids is 1. The fourth-order valence-corrected chi connectivity index (χ4v) is 5.53. The van der Waals surface area contributed by atoms with Crippen molar-refractivity contribution in [3.63, 3.8) is 0 Å². The molecular weight excluding hydrogens is 658 g/mol. The minimum atomic E-state index is -1.21. The largest absolute Gasteiger partial charge is 0.493 e. The molecule has 248 valence electrons. The molecule has 4 aromatic rings. The van der Waals surface area contributed by atoms with Crippen molar-refractivity contribution < 1.29 is 38.5 Å². The molecule has 0 saturated heterocycles. The SMILES string of the molecule is COc1cc(/C=C(/NC(=O)c2ccccc2)C(=O)Nc2cccc(SC(C)C(=O)Nc3ccc(Cl)c(C(=O)O)c3)c2)cc(OC)c1OC. The van der Waals surface area contributed by atoms with E-state index in [9.17, 15) is 24.3 Å². The smallest absolute Gasteiger partial charge is 0.337 e. The first-order chi connectivity index (χ1) is 23.0. The van der Waals surface area contributed by atoms with Gasteiger partial charge in [0.25, 0.3) is 11.8 Å². The minimum Gasteiger partial charge on any atom is -0.493 e. The first-order valence-corrected chi connectivity index (χ1v) is 15.6. The first-order valence-electron chi connectivity index (χ1n) is 14.3. The topological polar surface area (TPSA) is 152 Å². The molecule has 11 nitrogen and oxygen atoms in total. The lowest BCUT2D eigenvalue weighted by molar-refractivity contribution is -0.115. The Bertz CT molecular complexity index is 1840. The highest BCUT2D eigenvalue weighted by Gasteiger charge is 2.20. The van der Waals surface area contributed by atoms with Crippen molar-refractivity contribution in [1.82, 2.24) is 5.32 Å². The van der Waals surface area contributed by atoms with E-state index in [2.05, 4.69) is 16.0 Å². The number of carboxylic acids is 1. The van der Waals surface area contributed by atoms with Crippen molar-refractivity contribution in [1.29, 1.82) is 0 Å². The van der Waals surface area contributed by atoms with Gasteiger partial charge in [0.15, 0.2) is 11.5 Å². The van der Waals surface area contributed by atoms with Gasteiger partial charge in [0.05, 0.1) is 37.2 Å². The maximum Gasteiger partial charge on any atom is 0.337 e. The second-order valence-electron chi connectivity index (χ2n) is 10.1. The molecule has 48 heavy (non-hydrogen) atoms. The van der Waals surface area contributed by atoms with E-state index in [4.69, 9.17) is 25.8 Å². The highest BCUT2D eigenvalue weighted by molar-refractivity contribution is 8.00. The average molecular weight is 690 g/mol. The van der Waals surface area contributed by atoms with E-state index in [0.717, 1.165) is 0 Å². The maximum absolute atomic E-state index is 13.7. The number of rotatable bonds is 13. The van der Waals surface area contributed by atoms with Gasteiger partial charge in [0.1, 0.15) is 5.70 Å². The van der Waals surface area contributed by atoms with Gasteiger partial charge in [0, 0.05) is 21.8 Å². The first kappa shape index (κ1) is 35.4. The second kappa shape index (κ2) is 16.4. The number of methoxy groups -OCH3 is 3. The number of carbonyl (C=O) groups is 4. The van der Waals surface area contributed by atoms with E-state index in [1.165, 1.54) is 57.4 Å². The van der Waals surface area contributed by atoms with E-state index < -0.39 is 23.0 Å². The number of anilines is 2. The van der Waals surface area contributed by atoms with E-state index in [1.807, 2.05) is 0 Å². The molecule has 0 bridgehead atoms. The molecule has 13 heteroatoms. The number of halogens is 1. The van der Waals surface area contributed by atoms with Crippen LogP contribution < -0.4 is 30.2 Å². The zero-order chi connectivity index (χ0) is 34.8. The summed E-state index contributed by atoms with van der Waals surface area (Å²) in [4.78, 5) is 51.7. The summed E-state index contributed by atoms with van der Waals surface area (Å²) in [5, 5.41) is 17.0. The predicted octanol–water partition coefficient (Wildman–Crippen LogP) is 6.59. The molecular formula is C35H32ClN3O8S. The number of nitrogens with one attached hydrogen (secondary N) is 3. The van der Waals surface area contributed by atoms with E-state index in [1.54, 1.807) is 73.7 Å². The number of thioether (sulfide) groups is 1. The zero-order valence-electron chi connectivity index (χ0n) is 26.3. The lowest BCUT2D eigenvalue weighted by Crippen LogP contribution is -2.30. The van der Waals surface area contributed by atoms with Crippen molar-refractivity contribution in [2.45, 2.75) is 17.1 Å². The van der Waals surface area contributed by atoms with Gasteiger partial charge in [-0.05, 0) is 79.2 Å². The Balaban J connectivity index is 1.55. The number of carbonyl (C=O) groups excluding carboxylic acids is 3. The maximum atomic E-state index is 13.7. The summed E-state index contributed by atoms with van der Waals surface area (Å²) in [5.74, 6) is -1.60. The van der Waals surface area contributed by atoms with Crippen LogP contribution in [0.1, 0.15) is 33.2 Å². The third kappa shape index (κ3) is 9.08. The van der Waals surface area contributed by atoms with Gasteiger partial charge in [-0.1, -0.05) is 35.9 Å². The van der Waals surface area contributed by atoms with Crippen LogP contribution in [0.2, 0.25) is 5.02 Å². The molecule has 4 rings (SSSR count). The molecule has 4 aromatic carbocycles. The van der Waals surface area contributed by atoms with Crippen LogP contribution in [-0.4, -0.2) is 55.4 Å². The second-order valence-corrected chi connectivity index (χ2v) is 11.9. The van der Waals surface area contributed by atoms with Crippen LogP contribution in [0.25, 0.3) is 6.08 Å². The van der Waals surface area contributed by atoms with E-state index in [0.29, 0.717) is 44.6 Å². The molecule has 0 spiro atoms. The van der Waals surface area contributed by atoms with Gasteiger partial charge in [-0.25, -0.2) is 4.79 Å². The lowest BCUT2D eigenvalue weighted by Gasteiger charge is -2.15. The molecule has 0 aliphatic carbocycles. The Morgan fingerprint density at radius 2 is 1.48 bits per heavy atom. The van der Waals surface area contributed by atoms with Crippen molar-refractivity contribution >= 4 is 64.5 Å². The van der Waals surface area contributed by atoms with Gasteiger partial charge in [-0.3, -0.25) is 14.4 Å². The fourth-order valence-electron chi connectivity index (χ4n) is 4.41. The molecule has 0 aromatic heterocycles. The molecule has 0 aliphatic rings. The number of benzene rings is 4.